The lowest BCUT2D eigenvalue weighted by Gasteiger charge is -2.36. The number of hydrogen-bond acceptors (Lipinski definition) is 8. The zero-order valence-corrected chi connectivity index (χ0v) is 25.2. The maximum Gasteiger partial charge on any atom is 0.418 e. The fourth-order valence-corrected chi connectivity index (χ4v) is 8.33. The van der Waals surface area contributed by atoms with E-state index in [-0.39, 0.29) is 36.6 Å². The monoisotopic (exact) mass is 627 g/mol. The Bertz CT molecular complexity index is 1600. The van der Waals surface area contributed by atoms with E-state index < -0.39 is 40.5 Å². The summed E-state index contributed by atoms with van der Waals surface area (Å²) in [5.74, 6) is 4.73. The zero-order valence-electron chi connectivity index (χ0n) is 25.2. The summed E-state index contributed by atoms with van der Waals surface area (Å²) in [5.41, 5.74) is 5.22. The minimum atomic E-state index is -4.90. The highest BCUT2D eigenvalue weighted by atomic mass is 19.4. The Labute approximate surface area is 259 Å². The van der Waals surface area contributed by atoms with Crippen molar-refractivity contribution in [2.24, 2.45) is 11.8 Å². The molecule has 1 aromatic carbocycles. The first-order chi connectivity index (χ1) is 21.5. The third-order valence-corrected chi connectivity index (χ3v) is 10.2. The van der Waals surface area contributed by atoms with E-state index in [0.717, 1.165) is 56.8 Å². The van der Waals surface area contributed by atoms with Gasteiger partial charge in [-0.15, -0.1) is 5.92 Å². The molecule has 0 radical (unpaired) electrons. The van der Waals surface area contributed by atoms with Gasteiger partial charge in [0.2, 0.25) is 0 Å². The molecule has 5 unspecified atom stereocenters. The van der Waals surface area contributed by atoms with E-state index >= 15 is 4.39 Å². The number of aromatic nitrogens is 2. The van der Waals surface area contributed by atoms with Crippen LogP contribution < -0.4 is 15.4 Å². The van der Waals surface area contributed by atoms with Gasteiger partial charge in [-0.05, 0) is 57.6 Å². The Hall–Kier alpha value is -3.40. The number of anilines is 2. The average molecular weight is 628 g/mol. The van der Waals surface area contributed by atoms with Gasteiger partial charge < -0.3 is 25.2 Å². The second-order valence-electron chi connectivity index (χ2n) is 13.3. The lowest BCUT2D eigenvalue weighted by Crippen LogP contribution is -2.43. The Morgan fingerprint density at radius 1 is 1.27 bits per heavy atom. The lowest BCUT2D eigenvalue weighted by atomic mass is 9.90. The molecular weight excluding hydrogens is 590 g/mol. The number of nitrogen functional groups attached to an aromatic ring is 1. The average Bonchev–Trinajstić information content (AvgIpc) is 3.60. The van der Waals surface area contributed by atoms with Crippen molar-refractivity contribution in [2.75, 3.05) is 43.4 Å². The topological polar surface area (TPSA) is 97.0 Å². The first-order valence-electron chi connectivity index (χ1n) is 15.6. The van der Waals surface area contributed by atoms with Crippen LogP contribution >= 0.6 is 0 Å². The molecule has 0 amide bonds. The largest absolute Gasteiger partial charge is 0.461 e. The summed E-state index contributed by atoms with van der Waals surface area (Å²) in [6, 6.07) is 1.05. The Kier molecular flexibility index (Phi) is 7.49. The van der Waals surface area contributed by atoms with Crippen LogP contribution in [0.1, 0.15) is 73.1 Å². The molecular formula is C33H37F4N5O3. The Balaban J connectivity index is 1.27. The number of rotatable bonds is 5. The van der Waals surface area contributed by atoms with Gasteiger partial charge in [-0.3, -0.25) is 4.90 Å². The van der Waals surface area contributed by atoms with Crippen molar-refractivity contribution in [1.82, 2.24) is 14.9 Å². The SMILES string of the molecule is C=C1CN2CCCC2(COc2nc3c(c(N4CC5CC(O)C(C5)C4)n2)COC(c2c(F)c(N)cc(C#CC)c2C(F)(F)F)C3)C1. The van der Waals surface area contributed by atoms with Gasteiger partial charge in [0.15, 0.2) is 5.82 Å². The quantitative estimate of drug-likeness (QED) is 0.212. The number of piperidine rings is 1. The van der Waals surface area contributed by atoms with Crippen molar-refractivity contribution in [3.63, 3.8) is 0 Å². The second-order valence-corrected chi connectivity index (χ2v) is 13.3. The standard InChI is InChI=1S/C33H37F4N5O3/c1-3-5-20-10-23(38)29(34)27(28(20)33(35,36)37)26-11-24-22(16-44-26)30(41-14-19-8-21(15-41)25(43)9-19)40-31(39-24)45-17-32-6-4-7-42(32)13-18(2)12-32/h10,19,21,25-26,43H,2,4,6-9,11-17,38H2,1H3. The van der Waals surface area contributed by atoms with E-state index in [1.807, 2.05) is 0 Å². The van der Waals surface area contributed by atoms with Crippen molar-refractivity contribution in [3.05, 3.63) is 52.0 Å². The van der Waals surface area contributed by atoms with Crippen LogP contribution in [0, 0.1) is 29.5 Å². The van der Waals surface area contributed by atoms with E-state index in [9.17, 15) is 18.3 Å². The lowest BCUT2D eigenvalue weighted by molar-refractivity contribution is -0.140. The normalized spacial score (nSPS) is 29.4. The molecule has 5 heterocycles. The molecule has 3 N–H and O–H groups in total. The highest BCUT2D eigenvalue weighted by Gasteiger charge is 2.47. The van der Waals surface area contributed by atoms with Crippen molar-refractivity contribution in [2.45, 2.75) is 76.0 Å². The minimum Gasteiger partial charge on any atom is -0.461 e. The molecule has 2 aromatic rings. The molecule has 45 heavy (non-hydrogen) atoms. The summed E-state index contributed by atoms with van der Waals surface area (Å²) in [5, 5.41) is 10.6. The van der Waals surface area contributed by atoms with E-state index in [1.54, 1.807) is 0 Å². The number of nitrogens with zero attached hydrogens (tertiary/aromatic N) is 4. The van der Waals surface area contributed by atoms with Crippen LogP contribution in [0.5, 0.6) is 6.01 Å². The molecule has 4 fully saturated rings. The molecule has 3 saturated heterocycles. The van der Waals surface area contributed by atoms with Crippen LogP contribution in [0.3, 0.4) is 0 Å². The molecule has 2 bridgehead atoms. The van der Waals surface area contributed by atoms with Crippen LogP contribution in [0.15, 0.2) is 18.2 Å². The van der Waals surface area contributed by atoms with E-state index in [2.05, 4.69) is 28.2 Å². The van der Waals surface area contributed by atoms with Crippen LogP contribution in [-0.4, -0.2) is 64.4 Å². The van der Waals surface area contributed by atoms with Crippen molar-refractivity contribution >= 4 is 11.5 Å². The predicted octanol–water partition coefficient (Wildman–Crippen LogP) is 4.78. The number of halogens is 4. The molecule has 12 heteroatoms. The van der Waals surface area contributed by atoms with Gasteiger partial charge in [0, 0.05) is 48.7 Å². The van der Waals surface area contributed by atoms with Crippen molar-refractivity contribution in [3.8, 4) is 17.9 Å². The summed E-state index contributed by atoms with van der Waals surface area (Å²) in [6.07, 6.45) is -2.23. The molecule has 1 aliphatic carbocycles. The highest BCUT2D eigenvalue weighted by molar-refractivity contribution is 5.59. The van der Waals surface area contributed by atoms with E-state index in [1.165, 1.54) is 6.92 Å². The minimum absolute atomic E-state index is 0.0975. The van der Waals surface area contributed by atoms with Crippen LogP contribution in [0.2, 0.25) is 0 Å². The maximum atomic E-state index is 15.5. The predicted molar refractivity (Wildman–Crippen MR) is 159 cm³/mol. The van der Waals surface area contributed by atoms with E-state index in [0.29, 0.717) is 42.7 Å². The van der Waals surface area contributed by atoms with Crippen molar-refractivity contribution in [1.29, 1.82) is 0 Å². The third kappa shape index (κ3) is 5.32. The maximum absolute atomic E-state index is 15.5. The summed E-state index contributed by atoms with van der Waals surface area (Å²) >= 11 is 0. The number of fused-ring (bicyclic) bond motifs is 4. The molecule has 7 rings (SSSR count). The first-order valence-corrected chi connectivity index (χ1v) is 15.6. The summed E-state index contributed by atoms with van der Waals surface area (Å²) < 4.78 is 71.2. The van der Waals surface area contributed by atoms with Gasteiger partial charge in [0.05, 0.1) is 41.3 Å². The van der Waals surface area contributed by atoms with Crippen LogP contribution in [0.25, 0.3) is 0 Å². The molecule has 5 aliphatic rings. The van der Waals surface area contributed by atoms with Gasteiger partial charge in [-0.2, -0.15) is 23.1 Å². The van der Waals surface area contributed by atoms with Gasteiger partial charge in [-0.25, -0.2) is 4.39 Å². The molecule has 5 atom stereocenters. The smallest absolute Gasteiger partial charge is 0.418 e. The fraction of sp³-hybridized carbons (Fsp3) is 0.576. The number of hydrogen-bond donors (Lipinski definition) is 2. The summed E-state index contributed by atoms with van der Waals surface area (Å²) in [7, 11) is 0. The second kappa shape index (κ2) is 11.1. The number of benzene rings is 1. The number of ether oxygens (including phenoxy) is 2. The summed E-state index contributed by atoms with van der Waals surface area (Å²) in [6.45, 7) is 8.89. The Morgan fingerprint density at radius 2 is 2.09 bits per heavy atom. The van der Waals surface area contributed by atoms with Crippen molar-refractivity contribution < 1.29 is 32.1 Å². The van der Waals surface area contributed by atoms with Gasteiger partial charge in [-0.1, -0.05) is 18.1 Å². The van der Waals surface area contributed by atoms with E-state index in [4.69, 9.17) is 25.2 Å². The molecule has 240 valence electrons. The molecule has 4 aliphatic heterocycles. The van der Waals surface area contributed by atoms with Gasteiger partial charge >= 0.3 is 12.2 Å². The third-order valence-electron chi connectivity index (χ3n) is 10.2. The first kappa shape index (κ1) is 30.3. The Morgan fingerprint density at radius 3 is 2.84 bits per heavy atom. The molecule has 1 saturated carbocycles. The number of aliphatic hydroxyl groups excluding tert-OH is 1. The zero-order chi connectivity index (χ0) is 31.7. The van der Waals surface area contributed by atoms with Crippen LogP contribution in [0.4, 0.5) is 29.1 Å². The molecule has 8 nitrogen and oxygen atoms in total. The van der Waals surface area contributed by atoms with Gasteiger partial charge in [0.1, 0.15) is 12.4 Å². The van der Waals surface area contributed by atoms with Crippen LogP contribution in [-0.2, 0) is 23.9 Å². The number of alkyl halides is 3. The number of aliphatic hydroxyl groups is 1. The molecule has 1 aromatic heterocycles. The molecule has 0 spiro atoms. The fourth-order valence-electron chi connectivity index (χ4n) is 8.33. The number of nitrogens with two attached hydrogens (primary N) is 1. The summed E-state index contributed by atoms with van der Waals surface area (Å²) in [4.78, 5) is 14.1. The highest BCUT2D eigenvalue weighted by Crippen LogP contribution is 2.46. The van der Waals surface area contributed by atoms with Gasteiger partial charge in [0.25, 0.3) is 0 Å².